The number of rotatable bonds is 5. The molecule has 3 heterocycles. The van der Waals surface area contributed by atoms with Gasteiger partial charge in [-0.3, -0.25) is 4.57 Å². The quantitative estimate of drug-likeness (QED) is 0.501. The van der Waals surface area contributed by atoms with Crippen LogP contribution in [0.4, 0.5) is 10.2 Å². The highest BCUT2D eigenvalue weighted by atomic mass is 19.1. The zero-order valence-corrected chi connectivity index (χ0v) is 14.0. The molecule has 0 aliphatic carbocycles. The van der Waals surface area contributed by atoms with Gasteiger partial charge in [-0.1, -0.05) is 0 Å². The van der Waals surface area contributed by atoms with Gasteiger partial charge in [0.1, 0.15) is 24.7 Å². The molecule has 0 bridgehead atoms. The molecular formula is C17H14FN5O4. The summed E-state index contributed by atoms with van der Waals surface area (Å²) in [5.74, 6) is -0.564. The molecule has 10 heteroatoms. The van der Waals surface area contributed by atoms with Gasteiger partial charge in [0.2, 0.25) is 0 Å². The highest BCUT2D eigenvalue weighted by molar-refractivity contribution is 5.58. The third kappa shape index (κ3) is 3.75. The third-order valence-corrected chi connectivity index (χ3v) is 4.04. The van der Waals surface area contributed by atoms with Crippen LogP contribution in [0.2, 0.25) is 0 Å². The van der Waals surface area contributed by atoms with Crippen LogP contribution in [-0.2, 0) is 17.9 Å². The van der Waals surface area contributed by atoms with Gasteiger partial charge >= 0.3 is 11.8 Å². The van der Waals surface area contributed by atoms with Crippen LogP contribution in [-0.4, -0.2) is 37.4 Å². The minimum Gasteiger partial charge on any atom is -0.443 e. The van der Waals surface area contributed by atoms with Gasteiger partial charge in [0.15, 0.2) is 0 Å². The molecule has 0 saturated heterocycles. The monoisotopic (exact) mass is 371 g/mol. The lowest BCUT2D eigenvalue weighted by atomic mass is 10.1. The van der Waals surface area contributed by atoms with E-state index in [9.17, 15) is 14.5 Å². The third-order valence-electron chi connectivity index (χ3n) is 4.04. The van der Waals surface area contributed by atoms with Crippen molar-refractivity contribution in [2.24, 2.45) is 0 Å². The Bertz CT molecular complexity index is 958. The minimum absolute atomic E-state index is 0.213. The fourth-order valence-electron chi connectivity index (χ4n) is 2.67. The van der Waals surface area contributed by atoms with Crippen molar-refractivity contribution >= 4 is 5.82 Å². The van der Waals surface area contributed by atoms with E-state index in [1.165, 1.54) is 18.3 Å². The van der Waals surface area contributed by atoms with Crippen molar-refractivity contribution in [1.29, 1.82) is 0 Å². The summed E-state index contributed by atoms with van der Waals surface area (Å²) in [6, 6.07) is 9.78. The Balaban J connectivity index is 1.36. The summed E-state index contributed by atoms with van der Waals surface area (Å²) in [7, 11) is 0. The van der Waals surface area contributed by atoms with Crippen LogP contribution >= 0.6 is 0 Å². The van der Waals surface area contributed by atoms with Gasteiger partial charge in [-0.2, -0.15) is 10.2 Å². The number of aromatic nitrogens is 4. The molecule has 1 atom stereocenters. The van der Waals surface area contributed by atoms with Crippen molar-refractivity contribution in [3.8, 4) is 17.3 Å². The highest BCUT2D eigenvalue weighted by Gasteiger charge is 2.28. The van der Waals surface area contributed by atoms with Crippen molar-refractivity contribution in [3.63, 3.8) is 0 Å². The molecule has 138 valence electrons. The smallest absolute Gasteiger partial charge is 0.414 e. The molecule has 1 aliphatic rings. The Kier molecular flexibility index (Phi) is 4.47. The molecule has 0 unspecified atom stereocenters. The average Bonchev–Trinajstić information content (AvgIpc) is 3.11. The zero-order chi connectivity index (χ0) is 18.8. The molecule has 2 aromatic heterocycles. The lowest BCUT2D eigenvalue weighted by molar-refractivity contribution is -0.389. The molecule has 9 nitrogen and oxygen atoms in total. The fourth-order valence-corrected chi connectivity index (χ4v) is 2.67. The molecule has 4 rings (SSSR count). The Labute approximate surface area is 152 Å². The van der Waals surface area contributed by atoms with Crippen molar-refractivity contribution in [2.75, 3.05) is 6.61 Å². The van der Waals surface area contributed by atoms with Gasteiger partial charge in [-0.05, 0) is 41.3 Å². The van der Waals surface area contributed by atoms with E-state index in [2.05, 4.69) is 15.2 Å². The largest absolute Gasteiger partial charge is 0.443 e. The Morgan fingerprint density at radius 3 is 2.78 bits per heavy atom. The second kappa shape index (κ2) is 7.08. The van der Waals surface area contributed by atoms with Crippen LogP contribution in [0, 0.1) is 15.9 Å². The molecule has 27 heavy (non-hydrogen) atoms. The summed E-state index contributed by atoms with van der Waals surface area (Å²) in [6.45, 7) is 0.864. The van der Waals surface area contributed by atoms with Crippen molar-refractivity contribution in [2.45, 2.75) is 19.3 Å². The number of fused-ring (bicyclic) bond motifs is 1. The molecule has 0 fully saturated rings. The van der Waals surface area contributed by atoms with Crippen LogP contribution in [0.15, 0.2) is 42.6 Å². The number of nitrogens with zero attached hydrogens (tertiary/aromatic N) is 5. The van der Waals surface area contributed by atoms with E-state index < -0.39 is 4.92 Å². The van der Waals surface area contributed by atoms with Crippen LogP contribution in [0.25, 0.3) is 11.3 Å². The maximum Gasteiger partial charge on any atom is 0.414 e. The molecule has 0 spiro atoms. The number of benzene rings is 1. The first-order chi connectivity index (χ1) is 13.1. The van der Waals surface area contributed by atoms with Crippen molar-refractivity contribution < 1.29 is 18.8 Å². The van der Waals surface area contributed by atoms with Gasteiger partial charge < -0.3 is 19.6 Å². The average molecular weight is 371 g/mol. The van der Waals surface area contributed by atoms with E-state index in [-0.39, 0.29) is 37.0 Å². The molecule has 0 amide bonds. The molecular weight excluding hydrogens is 357 g/mol. The van der Waals surface area contributed by atoms with E-state index in [1.54, 1.807) is 28.8 Å². The topological polar surface area (TPSA) is 105 Å². The second-order valence-electron chi connectivity index (χ2n) is 5.95. The van der Waals surface area contributed by atoms with Crippen LogP contribution in [0.3, 0.4) is 0 Å². The summed E-state index contributed by atoms with van der Waals surface area (Å²) in [6.07, 6.45) is 1.03. The second-order valence-corrected chi connectivity index (χ2v) is 5.95. The number of ether oxygens (including phenoxy) is 2. The predicted octanol–water partition coefficient (Wildman–Crippen LogP) is 2.37. The first kappa shape index (κ1) is 17.0. The van der Waals surface area contributed by atoms with Crippen LogP contribution in [0.5, 0.6) is 6.01 Å². The van der Waals surface area contributed by atoms with E-state index in [0.717, 1.165) is 5.56 Å². The molecule has 0 radical (unpaired) electrons. The molecule has 3 aromatic rings. The lowest BCUT2D eigenvalue weighted by Gasteiger charge is -2.22. The normalized spacial score (nSPS) is 15.8. The van der Waals surface area contributed by atoms with E-state index in [0.29, 0.717) is 17.9 Å². The summed E-state index contributed by atoms with van der Waals surface area (Å²) < 4.78 is 25.7. The summed E-state index contributed by atoms with van der Waals surface area (Å²) in [5.41, 5.74) is 2.03. The standard InChI is InChI=1S/C17H14FN5O4/c18-12-3-1-11(2-4-12)15-6-5-13(20-21-15)9-26-14-7-22-8-16(23(24)25)19-17(22)27-10-14/h1-6,8,14H,7,9-10H2/t14-/m0/s1. The number of halogens is 1. The molecule has 1 aliphatic heterocycles. The van der Waals surface area contributed by atoms with Gasteiger partial charge in [0, 0.05) is 10.5 Å². The van der Waals surface area contributed by atoms with Crippen LogP contribution < -0.4 is 4.74 Å². The van der Waals surface area contributed by atoms with Gasteiger partial charge in [0.25, 0.3) is 0 Å². The zero-order valence-electron chi connectivity index (χ0n) is 14.0. The lowest BCUT2D eigenvalue weighted by Crippen LogP contribution is -2.32. The van der Waals surface area contributed by atoms with Gasteiger partial charge in [-0.15, -0.1) is 0 Å². The van der Waals surface area contributed by atoms with Crippen molar-refractivity contribution in [1.82, 2.24) is 19.7 Å². The molecule has 0 N–H and O–H groups in total. The Morgan fingerprint density at radius 2 is 2.07 bits per heavy atom. The number of nitro groups is 1. The Hall–Kier alpha value is -3.40. The van der Waals surface area contributed by atoms with E-state index in [4.69, 9.17) is 9.47 Å². The van der Waals surface area contributed by atoms with Gasteiger partial charge in [0.05, 0.1) is 24.5 Å². The van der Waals surface area contributed by atoms with Crippen molar-refractivity contribution in [3.05, 3.63) is 64.2 Å². The summed E-state index contributed by atoms with van der Waals surface area (Å²) >= 11 is 0. The molecule has 0 saturated carbocycles. The first-order valence-electron chi connectivity index (χ1n) is 8.13. The summed E-state index contributed by atoms with van der Waals surface area (Å²) in [5, 5.41) is 19.0. The van der Waals surface area contributed by atoms with Crippen LogP contribution in [0.1, 0.15) is 5.69 Å². The van der Waals surface area contributed by atoms with E-state index in [1.807, 2.05) is 0 Å². The molecule has 1 aromatic carbocycles. The summed E-state index contributed by atoms with van der Waals surface area (Å²) in [4.78, 5) is 14.0. The maximum absolute atomic E-state index is 13.0. The SMILES string of the molecule is O=[N+]([O-])c1cn2c(n1)OC[C@@H](OCc1ccc(-c3ccc(F)cc3)nn1)C2. The predicted molar refractivity (Wildman–Crippen MR) is 90.4 cm³/mol. The highest BCUT2D eigenvalue weighted by Crippen LogP contribution is 2.23. The number of imidazole rings is 1. The first-order valence-corrected chi connectivity index (χ1v) is 8.13. The van der Waals surface area contributed by atoms with E-state index >= 15 is 0 Å². The fraction of sp³-hybridized carbons (Fsp3) is 0.235. The number of hydrogen-bond donors (Lipinski definition) is 0. The minimum atomic E-state index is -0.567. The van der Waals surface area contributed by atoms with Gasteiger partial charge in [-0.25, -0.2) is 4.39 Å². The Morgan fingerprint density at radius 1 is 1.26 bits per heavy atom. The maximum atomic E-state index is 13.0. The number of hydrogen-bond acceptors (Lipinski definition) is 7.